The van der Waals surface area contributed by atoms with Gasteiger partial charge in [0.05, 0.1) is 12.6 Å². The lowest BCUT2D eigenvalue weighted by Crippen LogP contribution is -2.27. The predicted octanol–water partition coefficient (Wildman–Crippen LogP) is 4.55. The molecule has 2 nitrogen and oxygen atoms in total. The topological polar surface area (TPSA) is 21.3 Å². The second-order valence-electron chi connectivity index (χ2n) is 6.01. The molecule has 0 heterocycles. The molecule has 0 radical (unpaired) electrons. The third kappa shape index (κ3) is 4.55. The quantitative estimate of drug-likeness (QED) is 0.768. The molecule has 0 saturated heterocycles. The van der Waals surface area contributed by atoms with Crippen LogP contribution in [0.15, 0.2) is 42.5 Å². The van der Waals surface area contributed by atoms with Crippen LogP contribution in [0.4, 0.5) is 0 Å². The van der Waals surface area contributed by atoms with Crippen molar-refractivity contribution in [3.63, 3.8) is 0 Å². The Kier molecular flexibility index (Phi) is 6.21. The highest BCUT2D eigenvalue weighted by Gasteiger charge is 2.14. The van der Waals surface area contributed by atoms with Gasteiger partial charge >= 0.3 is 0 Å². The summed E-state index contributed by atoms with van der Waals surface area (Å²) in [6.45, 7) is 9.13. The van der Waals surface area contributed by atoms with E-state index < -0.39 is 0 Å². The maximum absolute atomic E-state index is 5.90. The van der Waals surface area contributed by atoms with E-state index in [4.69, 9.17) is 4.74 Å². The van der Waals surface area contributed by atoms with Crippen LogP contribution in [0.5, 0.6) is 0 Å². The van der Waals surface area contributed by atoms with Crippen molar-refractivity contribution in [1.82, 2.24) is 5.32 Å². The van der Waals surface area contributed by atoms with Gasteiger partial charge in [0.2, 0.25) is 0 Å². The van der Waals surface area contributed by atoms with Gasteiger partial charge in [-0.3, -0.25) is 0 Å². The Labute approximate surface area is 128 Å². The van der Waals surface area contributed by atoms with E-state index in [1.807, 2.05) is 0 Å². The number of hydrogen-bond donors (Lipinski definition) is 1. The molecule has 2 aromatic rings. The fraction of sp³-hybridized carbons (Fsp3) is 0.474. The van der Waals surface area contributed by atoms with Crippen LogP contribution in [0.2, 0.25) is 0 Å². The fourth-order valence-corrected chi connectivity index (χ4v) is 2.55. The highest BCUT2D eigenvalue weighted by molar-refractivity contribution is 5.86. The Bertz CT molecular complexity index is 545. The third-order valence-corrected chi connectivity index (χ3v) is 3.58. The molecule has 114 valence electrons. The molecule has 2 heteroatoms. The van der Waals surface area contributed by atoms with E-state index in [0.717, 1.165) is 26.2 Å². The number of nitrogens with one attached hydrogen (secondary N) is 1. The molecule has 2 rings (SSSR count). The standard InChI is InChI=1S/C19H27NO/c1-4-12-20-19(14-21-13-15(2)3)18-11-7-9-16-8-5-6-10-17(16)18/h5-11,15,19-20H,4,12-14H2,1-3H3. The lowest BCUT2D eigenvalue weighted by atomic mass is 9.99. The molecule has 2 aromatic carbocycles. The van der Waals surface area contributed by atoms with E-state index in [9.17, 15) is 0 Å². The predicted molar refractivity (Wildman–Crippen MR) is 90.6 cm³/mol. The summed E-state index contributed by atoms with van der Waals surface area (Å²) in [7, 11) is 0. The van der Waals surface area contributed by atoms with Crippen molar-refractivity contribution >= 4 is 10.8 Å². The molecule has 0 amide bonds. The van der Waals surface area contributed by atoms with Crippen molar-refractivity contribution in [1.29, 1.82) is 0 Å². The van der Waals surface area contributed by atoms with Gasteiger partial charge in [0.25, 0.3) is 0 Å². The molecule has 0 bridgehead atoms. The molecule has 0 fully saturated rings. The minimum Gasteiger partial charge on any atom is -0.379 e. The van der Waals surface area contributed by atoms with Crippen molar-refractivity contribution in [2.24, 2.45) is 5.92 Å². The number of ether oxygens (including phenoxy) is 1. The second-order valence-corrected chi connectivity index (χ2v) is 6.01. The summed E-state index contributed by atoms with van der Waals surface area (Å²) >= 11 is 0. The molecule has 0 spiro atoms. The second kappa shape index (κ2) is 8.16. The van der Waals surface area contributed by atoms with E-state index in [1.165, 1.54) is 16.3 Å². The Morgan fingerprint density at radius 3 is 2.52 bits per heavy atom. The molecule has 0 aromatic heterocycles. The first-order valence-electron chi connectivity index (χ1n) is 8.01. The lowest BCUT2D eigenvalue weighted by molar-refractivity contribution is 0.0904. The van der Waals surface area contributed by atoms with Crippen molar-refractivity contribution in [2.45, 2.75) is 33.2 Å². The minimum atomic E-state index is 0.259. The zero-order valence-electron chi connectivity index (χ0n) is 13.4. The Balaban J connectivity index is 2.20. The lowest BCUT2D eigenvalue weighted by Gasteiger charge is -2.21. The summed E-state index contributed by atoms with van der Waals surface area (Å²) in [5.41, 5.74) is 1.34. The fourth-order valence-electron chi connectivity index (χ4n) is 2.55. The SMILES string of the molecule is CCCNC(COCC(C)C)c1cccc2ccccc12. The highest BCUT2D eigenvalue weighted by atomic mass is 16.5. The van der Waals surface area contributed by atoms with Crippen LogP contribution in [-0.2, 0) is 4.74 Å². The Morgan fingerprint density at radius 2 is 1.76 bits per heavy atom. The summed E-state index contributed by atoms with van der Waals surface area (Å²) in [4.78, 5) is 0. The molecule has 21 heavy (non-hydrogen) atoms. The van der Waals surface area contributed by atoms with Crippen LogP contribution < -0.4 is 5.32 Å². The average Bonchev–Trinajstić information content (AvgIpc) is 2.50. The smallest absolute Gasteiger partial charge is 0.0661 e. The molecule has 0 saturated carbocycles. The summed E-state index contributed by atoms with van der Waals surface area (Å²) < 4.78 is 5.90. The summed E-state index contributed by atoms with van der Waals surface area (Å²) in [5, 5.41) is 6.24. The van der Waals surface area contributed by atoms with Crippen LogP contribution in [0.3, 0.4) is 0 Å². The van der Waals surface area contributed by atoms with Gasteiger partial charge < -0.3 is 10.1 Å². The first-order valence-corrected chi connectivity index (χ1v) is 8.01. The molecular formula is C19H27NO. The van der Waals surface area contributed by atoms with Crippen molar-refractivity contribution in [2.75, 3.05) is 19.8 Å². The van der Waals surface area contributed by atoms with Crippen molar-refractivity contribution in [3.05, 3.63) is 48.0 Å². The van der Waals surface area contributed by atoms with Gasteiger partial charge in [0, 0.05) is 6.61 Å². The molecule has 0 aliphatic carbocycles. The first kappa shape index (κ1) is 16.0. The van der Waals surface area contributed by atoms with E-state index in [0.29, 0.717) is 5.92 Å². The van der Waals surface area contributed by atoms with Crippen molar-refractivity contribution in [3.8, 4) is 0 Å². The van der Waals surface area contributed by atoms with E-state index in [-0.39, 0.29) is 6.04 Å². The first-order chi connectivity index (χ1) is 10.2. The number of hydrogen-bond acceptors (Lipinski definition) is 2. The molecule has 0 aliphatic rings. The summed E-state index contributed by atoms with van der Waals surface area (Å²) in [6.07, 6.45) is 1.13. The molecule has 1 atom stereocenters. The summed E-state index contributed by atoms with van der Waals surface area (Å²) in [5.74, 6) is 0.573. The van der Waals surface area contributed by atoms with Gasteiger partial charge in [-0.2, -0.15) is 0 Å². The van der Waals surface area contributed by atoms with Gasteiger partial charge in [-0.05, 0) is 35.2 Å². The van der Waals surface area contributed by atoms with Crippen LogP contribution in [0, 0.1) is 5.92 Å². The molecule has 1 unspecified atom stereocenters. The number of fused-ring (bicyclic) bond motifs is 1. The maximum Gasteiger partial charge on any atom is 0.0661 e. The van der Waals surface area contributed by atoms with Gasteiger partial charge in [-0.25, -0.2) is 0 Å². The number of rotatable bonds is 8. The van der Waals surface area contributed by atoms with E-state index in [2.05, 4.69) is 68.6 Å². The molecule has 0 aliphatic heterocycles. The zero-order valence-corrected chi connectivity index (χ0v) is 13.4. The normalized spacial score (nSPS) is 13.0. The van der Waals surface area contributed by atoms with Gasteiger partial charge in [0.1, 0.15) is 0 Å². The number of benzene rings is 2. The minimum absolute atomic E-state index is 0.259. The highest BCUT2D eigenvalue weighted by Crippen LogP contribution is 2.24. The average molecular weight is 285 g/mol. The van der Waals surface area contributed by atoms with Crippen LogP contribution in [-0.4, -0.2) is 19.8 Å². The largest absolute Gasteiger partial charge is 0.379 e. The maximum atomic E-state index is 5.90. The molecule has 1 N–H and O–H groups in total. The monoisotopic (exact) mass is 285 g/mol. The summed E-state index contributed by atoms with van der Waals surface area (Å²) in [6, 6.07) is 15.4. The Morgan fingerprint density at radius 1 is 1.00 bits per heavy atom. The molecular weight excluding hydrogens is 258 g/mol. The van der Waals surface area contributed by atoms with Crippen LogP contribution >= 0.6 is 0 Å². The van der Waals surface area contributed by atoms with Crippen LogP contribution in [0.25, 0.3) is 10.8 Å². The van der Waals surface area contributed by atoms with Gasteiger partial charge in [-0.1, -0.05) is 63.2 Å². The van der Waals surface area contributed by atoms with E-state index in [1.54, 1.807) is 0 Å². The van der Waals surface area contributed by atoms with E-state index >= 15 is 0 Å². The third-order valence-electron chi connectivity index (χ3n) is 3.58. The Hall–Kier alpha value is -1.38. The van der Waals surface area contributed by atoms with Gasteiger partial charge in [-0.15, -0.1) is 0 Å². The zero-order chi connectivity index (χ0) is 15.1. The van der Waals surface area contributed by atoms with Gasteiger partial charge in [0.15, 0.2) is 0 Å². The van der Waals surface area contributed by atoms with Crippen LogP contribution in [0.1, 0.15) is 38.8 Å². The van der Waals surface area contributed by atoms with Crippen molar-refractivity contribution < 1.29 is 4.74 Å².